The number of H-pyrrole nitrogens is 1. The van der Waals surface area contributed by atoms with Crippen LogP contribution in [0.5, 0.6) is 5.88 Å². The van der Waals surface area contributed by atoms with Gasteiger partial charge in [0, 0.05) is 56.6 Å². The van der Waals surface area contributed by atoms with E-state index in [4.69, 9.17) is 25.0 Å². The van der Waals surface area contributed by atoms with E-state index in [1.54, 1.807) is 24.2 Å². The van der Waals surface area contributed by atoms with Crippen molar-refractivity contribution in [1.82, 2.24) is 34.5 Å². The molecule has 1 aliphatic heterocycles. The van der Waals surface area contributed by atoms with E-state index in [0.29, 0.717) is 17.5 Å². The number of methoxy groups -OCH3 is 1. The molecule has 17 heteroatoms. The average Bonchev–Trinajstić information content (AvgIpc) is 3.71. The highest BCUT2D eigenvalue weighted by molar-refractivity contribution is 6.06. The van der Waals surface area contributed by atoms with E-state index in [1.165, 1.54) is 0 Å². The Morgan fingerprint density at radius 2 is 1.53 bits per heavy atom. The summed E-state index contributed by atoms with van der Waals surface area (Å²) < 4.78 is 6.97. The van der Waals surface area contributed by atoms with Gasteiger partial charge < -0.3 is 40.6 Å². The van der Waals surface area contributed by atoms with Crippen LogP contribution in [-0.4, -0.2) is 120 Å². The molecule has 2 aromatic carbocycles. The molecule has 1 amide bonds. The van der Waals surface area contributed by atoms with Crippen LogP contribution in [0.25, 0.3) is 22.2 Å². The van der Waals surface area contributed by atoms with Gasteiger partial charge in [-0.3, -0.25) is 14.4 Å². The lowest BCUT2D eigenvalue weighted by molar-refractivity contribution is -0.121. The molecule has 1 aliphatic rings. The van der Waals surface area contributed by atoms with Crippen molar-refractivity contribution in [3.05, 3.63) is 77.7 Å². The SMILES string of the molecule is COc1nn(C)cc1Nc1nccc(-c2c[nH]c3c(NC(=O)[C@@H](C)N4CCN(C)CC4)cccc23)n1.O=C(O)c1cc(C(=O)O)cc(C(=O)O)c1. The molecular weight excluding hydrogens is 662 g/mol. The highest BCUT2D eigenvalue weighted by Crippen LogP contribution is 2.32. The number of fused-ring (bicyclic) bond motifs is 1. The summed E-state index contributed by atoms with van der Waals surface area (Å²) in [5, 5.41) is 37.3. The van der Waals surface area contributed by atoms with E-state index in [-0.39, 0.29) is 28.6 Å². The smallest absolute Gasteiger partial charge is 0.335 e. The number of hydrogen-bond acceptors (Lipinski definition) is 11. The molecule has 1 saturated heterocycles. The molecule has 3 aromatic heterocycles. The molecule has 17 nitrogen and oxygen atoms in total. The molecule has 4 heterocycles. The first-order valence-corrected chi connectivity index (χ1v) is 15.7. The number of amides is 1. The van der Waals surface area contributed by atoms with Gasteiger partial charge in [-0.15, -0.1) is 5.10 Å². The number of hydrogen-bond donors (Lipinski definition) is 6. The van der Waals surface area contributed by atoms with E-state index >= 15 is 0 Å². The van der Waals surface area contributed by atoms with Crippen LogP contribution in [0, 0.1) is 0 Å². The topological polar surface area (TPSA) is 228 Å². The number of carbonyl (C=O) groups excluding carboxylic acids is 1. The number of piperazine rings is 1. The van der Waals surface area contributed by atoms with Crippen molar-refractivity contribution in [1.29, 1.82) is 0 Å². The zero-order valence-corrected chi connectivity index (χ0v) is 28.2. The van der Waals surface area contributed by atoms with Crippen LogP contribution in [0.15, 0.2) is 61.1 Å². The van der Waals surface area contributed by atoms with Crippen LogP contribution >= 0.6 is 0 Å². The molecule has 51 heavy (non-hydrogen) atoms. The molecule has 1 atom stereocenters. The number of carboxylic acids is 3. The lowest BCUT2D eigenvalue weighted by Crippen LogP contribution is -2.51. The van der Waals surface area contributed by atoms with Crippen LogP contribution in [0.1, 0.15) is 38.0 Å². The second kappa shape index (κ2) is 15.5. The van der Waals surface area contributed by atoms with Gasteiger partial charge >= 0.3 is 17.9 Å². The Hall–Kier alpha value is -6.33. The maximum absolute atomic E-state index is 13.1. The van der Waals surface area contributed by atoms with Gasteiger partial charge in [0.05, 0.1) is 52.9 Å². The lowest BCUT2D eigenvalue weighted by atomic mass is 10.1. The second-order valence-electron chi connectivity index (χ2n) is 11.8. The third-order valence-corrected chi connectivity index (χ3v) is 8.28. The predicted octanol–water partition coefficient (Wildman–Crippen LogP) is 3.47. The molecule has 5 aromatic rings. The number of likely N-dealkylation sites (N-methyl/N-ethyl adjacent to an activating group) is 1. The number of rotatable bonds is 10. The second-order valence-corrected chi connectivity index (χ2v) is 11.8. The normalized spacial score (nSPS) is 13.9. The number of carboxylic acid groups (broad SMARTS) is 3. The highest BCUT2D eigenvalue weighted by Gasteiger charge is 2.25. The van der Waals surface area contributed by atoms with Crippen molar-refractivity contribution in [3.63, 3.8) is 0 Å². The summed E-state index contributed by atoms with van der Waals surface area (Å²) in [5.74, 6) is -3.24. The minimum absolute atomic E-state index is 0.0119. The summed E-state index contributed by atoms with van der Waals surface area (Å²) in [4.78, 5) is 61.6. The molecule has 6 rings (SSSR count). The van der Waals surface area contributed by atoms with Crippen LogP contribution in [-0.2, 0) is 11.8 Å². The number of nitrogens with zero attached hydrogens (tertiary/aromatic N) is 6. The summed E-state index contributed by atoms with van der Waals surface area (Å²) in [6.45, 7) is 5.68. The third-order valence-electron chi connectivity index (χ3n) is 8.28. The fraction of sp³-hybridized carbons (Fsp3) is 0.265. The molecule has 0 bridgehead atoms. The minimum Gasteiger partial charge on any atom is -0.478 e. The van der Waals surface area contributed by atoms with E-state index in [9.17, 15) is 19.2 Å². The fourth-order valence-electron chi connectivity index (χ4n) is 5.47. The number of para-hydroxylation sites is 1. The maximum atomic E-state index is 13.1. The Kier molecular flexibility index (Phi) is 10.9. The van der Waals surface area contributed by atoms with Crippen molar-refractivity contribution < 1.29 is 39.2 Å². The van der Waals surface area contributed by atoms with Crippen molar-refractivity contribution in [2.24, 2.45) is 7.05 Å². The number of nitrogens with one attached hydrogen (secondary N) is 3. The molecule has 0 saturated carbocycles. The quantitative estimate of drug-likeness (QED) is 0.123. The highest BCUT2D eigenvalue weighted by atomic mass is 16.5. The Bertz CT molecular complexity index is 2010. The Morgan fingerprint density at radius 3 is 2.12 bits per heavy atom. The summed E-state index contributed by atoms with van der Waals surface area (Å²) >= 11 is 0. The van der Waals surface area contributed by atoms with Gasteiger partial charge in [0.25, 0.3) is 5.88 Å². The first-order valence-electron chi connectivity index (χ1n) is 15.7. The molecule has 0 aliphatic carbocycles. The van der Waals surface area contributed by atoms with E-state index < -0.39 is 17.9 Å². The third kappa shape index (κ3) is 8.46. The minimum atomic E-state index is -1.37. The van der Waals surface area contributed by atoms with E-state index in [0.717, 1.165) is 72.2 Å². The molecule has 0 unspecified atom stereocenters. The van der Waals surface area contributed by atoms with Crippen LogP contribution < -0.4 is 15.4 Å². The van der Waals surface area contributed by atoms with Crippen LogP contribution in [0.2, 0.25) is 0 Å². The van der Waals surface area contributed by atoms with Gasteiger partial charge in [0.1, 0.15) is 5.69 Å². The van der Waals surface area contributed by atoms with E-state index in [2.05, 4.69) is 42.5 Å². The van der Waals surface area contributed by atoms with Crippen LogP contribution in [0.3, 0.4) is 0 Å². The zero-order valence-electron chi connectivity index (χ0n) is 28.2. The van der Waals surface area contributed by atoms with E-state index in [1.807, 2.05) is 44.4 Å². The maximum Gasteiger partial charge on any atom is 0.335 e. The van der Waals surface area contributed by atoms with Crippen molar-refractivity contribution in [2.75, 3.05) is 51.0 Å². The molecule has 1 fully saturated rings. The largest absolute Gasteiger partial charge is 0.478 e. The Morgan fingerprint density at radius 1 is 0.902 bits per heavy atom. The Balaban J connectivity index is 0.000000283. The van der Waals surface area contributed by atoms with Gasteiger partial charge in [-0.05, 0) is 44.3 Å². The number of benzene rings is 2. The lowest BCUT2D eigenvalue weighted by Gasteiger charge is -2.35. The summed E-state index contributed by atoms with van der Waals surface area (Å²) in [6, 6.07) is 10.2. The number of aromatic carboxylic acids is 3. The van der Waals surface area contributed by atoms with Gasteiger partial charge in [0.2, 0.25) is 11.9 Å². The average molecular weight is 700 g/mol. The molecule has 6 N–H and O–H groups in total. The Labute approximate surface area is 291 Å². The summed E-state index contributed by atoms with van der Waals surface area (Å²) in [5.41, 5.74) is 2.83. The molecule has 266 valence electrons. The van der Waals surface area contributed by atoms with Gasteiger partial charge in [-0.1, -0.05) is 12.1 Å². The molecular formula is C34H37N9O8. The van der Waals surface area contributed by atoms with Crippen LogP contribution in [0.4, 0.5) is 17.3 Å². The van der Waals surface area contributed by atoms with Crippen molar-refractivity contribution in [3.8, 4) is 17.1 Å². The predicted molar refractivity (Wildman–Crippen MR) is 187 cm³/mol. The van der Waals surface area contributed by atoms with Gasteiger partial charge in [0.15, 0.2) is 0 Å². The number of aromatic nitrogens is 5. The number of aryl methyl sites for hydroxylation is 1. The number of ether oxygens (including phenoxy) is 1. The number of anilines is 3. The fourth-order valence-corrected chi connectivity index (χ4v) is 5.47. The number of aromatic amines is 1. The molecule has 0 radical (unpaired) electrons. The summed E-state index contributed by atoms with van der Waals surface area (Å²) in [7, 11) is 5.50. The first-order chi connectivity index (χ1) is 24.3. The number of carbonyl (C=O) groups is 4. The summed E-state index contributed by atoms with van der Waals surface area (Å²) in [6.07, 6.45) is 5.41. The molecule has 0 spiro atoms. The van der Waals surface area contributed by atoms with Gasteiger partial charge in [-0.2, -0.15) is 0 Å². The van der Waals surface area contributed by atoms with Gasteiger partial charge in [-0.25, -0.2) is 24.4 Å². The van der Waals surface area contributed by atoms with Crippen molar-refractivity contribution in [2.45, 2.75) is 13.0 Å². The monoisotopic (exact) mass is 699 g/mol. The zero-order chi connectivity index (χ0) is 36.8. The van der Waals surface area contributed by atoms with Crippen molar-refractivity contribution >= 4 is 52.0 Å². The first kappa shape index (κ1) is 36.0. The standard InChI is InChI=1S/C25H31N9O2.C9H6O6/c1-16(34-12-10-32(2)11-13-34)23(35)28-20-7-5-6-17-18(14-27-22(17)20)19-8-9-26-25(29-19)30-21-15-33(3)31-24(21)36-4;10-7(11)4-1-5(8(12)13)3-6(2-4)9(14)15/h5-9,14-16,27H,10-13H2,1-4H3,(H,28,35)(H,26,29,30);1-3H,(H,10,11)(H,12,13)(H,14,15)/t16-;/m1./s1.